The SMILES string of the molecule is CSc1nc(C)c(CCC(=O)Nc2nccs2)c(C)n1. The smallest absolute Gasteiger partial charge is 0.226 e. The molecule has 0 atom stereocenters. The maximum Gasteiger partial charge on any atom is 0.226 e. The number of rotatable bonds is 5. The highest BCUT2D eigenvalue weighted by Gasteiger charge is 2.11. The minimum absolute atomic E-state index is 0.0345. The number of anilines is 1. The number of hydrogen-bond donors (Lipinski definition) is 1. The predicted molar refractivity (Wildman–Crippen MR) is 82.4 cm³/mol. The van der Waals surface area contributed by atoms with Gasteiger partial charge in [0.1, 0.15) is 0 Å². The Labute approximate surface area is 126 Å². The van der Waals surface area contributed by atoms with Gasteiger partial charge in [-0.15, -0.1) is 11.3 Å². The van der Waals surface area contributed by atoms with Crippen LogP contribution in [0.5, 0.6) is 0 Å². The lowest BCUT2D eigenvalue weighted by Gasteiger charge is -2.09. The highest BCUT2D eigenvalue weighted by Crippen LogP contribution is 2.17. The number of aromatic nitrogens is 3. The molecule has 106 valence electrons. The summed E-state index contributed by atoms with van der Waals surface area (Å²) in [5, 5.41) is 6.02. The second-order valence-corrected chi connectivity index (χ2v) is 5.91. The van der Waals surface area contributed by atoms with E-state index in [1.54, 1.807) is 6.20 Å². The second kappa shape index (κ2) is 6.81. The average Bonchev–Trinajstić information content (AvgIpc) is 2.90. The van der Waals surface area contributed by atoms with Crippen LogP contribution in [-0.4, -0.2) is 27.1 Å². The van der Waals surface area contributed by atoms with E-state index in [1.807, 2.05) is 25.5 Å². The zero-order chi connectivity index (χ0) is 14.5. The molecule has 5 nitrogen and oxygen atoms in total. The summed E-state index contributed by atoms with van der Waals surface area (Å²) in [4.78, 5) is 24.7. The van der Waals surface area contributed by atoms with Gasteiger partial charge in [0.15, 0.2) is 10.3 Å². The molecule has 7 heteroatoms. The summed E-state index contributed by atoms with van der Waals surface area (Å²) in [5.41, 5.74) is 2.95. The molecule has 2 aromatic heterocycles. The second-order valence-electron chi connectivity index (χ2n) is 4.25. The van der Waals surface area contributed by atoms with Crippen molar-refractivity contribution >= 4 is 34.1 Å². The molecule has 0 radical (unpaired) electrons. The van der Waals surface area contributed by atoms with Crippen molar-refractivity contribution < 1.29 is 4.79 Å². The average molecular weight is 308 g/mol. The number of hydrogen-bond acceptors (Lipinski definition) is 6. The minimum atomic E-state index is -0.0345. The maximum absolute atomic E-state index is 11.8. The molecule has 0 saturated heterocycles. The number of thioether (sulfide) groups is 1. The standard InChI is InChI=1S/C13H16N4OS2/c1-8-10(9(2)16-13(15-8)19-3)4-5-11(18)17-12-14-6-7-20-12/h6-7H,4-5H2,1-3H3,(H,14,17,18). The van der Waals surface area contributed by atoms with Gasteiger partial charge in [-0.3, -0.25) is 4.79 Å². The first-order chi connectivity index (χ1) is 9.60. The molecule has 1 N–H and O–H groups in total. The van der Waals surface area contributed by atoms with Crippen LogP contribution in [0.3, 0.4) is 0 Å². The molecule has 0 aromatic carbocycles. The van der Waals surface area contributed by atoms with Crippen LogP contribution in [0.15, 0.2) is 16.7 Å². The molecular weight excluding hydrogens is 292 g/mol. The fraction of sp³-hybridized carbons (Fsp3) is 0.385. The van der Waals surface area contributed by atoms with E-state index >= 15 is 0 Å². The summed E-state index contributed by atoms with van der Waals surface area (Å²) in [6.07, 6.45) is 4.67. The molecule has 0 bridgehead atoms. The molecule has 0 spiro atoms. The Bertz CT molecular complexity index is 575. The van der Waals surface area contributed by atoms with Crippen molar-refractivity contribution in [2.24, 2.45) is 0 Å². The first kappa shape index (κ1) is 14.9. The molecule has 0 aliphatic carbocycles. The zero-order valence-corrected chi connectivity index (χ0v) is 13.3. The van der Waals surface area contributed by atoms with Crippen molar-refractivity contribution in [3.05, 3.63) is 28.5 Å². The lowest BCUT2D eigenvalue weighted by Crippen LogP contribution is -2.13. The Morgan fingerprint density at radius 3 is 2.60 bits per heavy atom. The lowest BCUT2D eigenvalue weighted by atomic mass is 10.1. The van der Waals surface area contributed by atoms with E-state index < -0.39 is 0 Å². The van der Waals surface area contributed by atoms with Gasteiger partial charge in [-0.25, -0.2) is 15.0 Å². The summed E-state index contributed by atoms with van der Waals surface area (Å²) in [5.74, 6) is -0.0345. The lowest BCUT2D eigenvalue weighted by molar-refractivity contribution is -0.116. The van der Waals surface area contributed by atoms with Crippen LogP contribution in [0.25, 0.3) is 0 Å². The van der Waals surface area contributed by atoms with Crippen LogP contribution in [-0.2, 0) is 11.2 Å². The molecule has 0 saturated carbocycles. The van der Waals surface area contributed by atoms with Crippen molar-refractivity contribution in [3.8, 4) is 0 Å². The molecule has 2 heterocycles. The Morgan fingerprint density at radius 1 is 1.35 bits per heavy atom. The summed E-state index contributed by atoms with van der Waals surface area (Å²) in [6.45, 7) is 3.92. The predicted octanol–water partition coefficient (Wildman–Crippen LogP) is 2.84. The van der Waals surface area contributed by atoms with Gasteiger partial charge in [-0.05, 0) is 32.1 Å². The molecule has 20 heavy (non-hydrogen) atoms. The number of carbonyl (C=O) groups is 1. The van der Waals surface area contributed by atoms with Crippen molar-refractivity contribution in [1.29, 1.82) is 0 Å². The molecule has 2 rings (SSSR count). The number of thiazole rings is 1. The number of carbonyl (C=O) groups excluding carboxylic acids is 1. The first-order valence-corrected chi connectivity index (χ1v) is 8.28. The van der Waals surface area contributed by atoms with E-state index in [0.717, 1.165) is 22.1 Å². The van der Waals surface area contributed by atoms with Crippen LogP contribution in [0.1, 0.15) is 23.4 Å². The van der Waals surface area contributed by atoms with Gasteiger partial charge < -0.3 is 5.32 Å². The third kappa shape index (κ3) is 3.77. The van der Waals surface area contributed by atoms with Crippen molar-refractivity contribution in [3.63, 3.8) is 0 Å². The molecule has 2 aromatic rings. The maximum atomic E-state index is 11.8. The van der Waals surface area contributed by atoms with Crippen LogP contribution in [0.4, 0.5) is 5.13 Å². The van der Waals surface area contributed by atoms with Gasteiger partial charge >= 0.3 is 0 Å². The number of aryl methyl sites for hydroxylation is 2. The van der Waals surface area contributed by atoms with E-state index in [1.165, 1.54) is 23.1 Å². The van der Waals surface area contributed by atoms with E-state index in [9.17, 15) is 4.79 Å². The van der Waals surface area contributed by atoms with E-state index in [2.05, 4.69) is 20.3 Å². The van der Waals surface area contributed by atoms with Crippen molar-refractivity contribution in [1.82, 2.24) is 15.0 Å². The Morgan fingerprint density at radius 2 is 2.05 bits per heavy atom. The quantitative estimate of drug-likeness (QED) is 0.679. The summed E-state index contributed by atoms with van der Waals surface area (Å²) in [6, 6.07) is 0. The largest absolute Gasteiger partial charge is 0.302 e. The van der Waals surface area contributed by atoms with Gasteiger partial charge in [-0.1, -0.05) is 11.8 Å². The van der Waals surface area contributed by atoms with Crippen molar-refractivity contribution in [2.45, 2.75) is 31.8 Å². The summed E-state index contributed by atoms with van der Waals surface area (Å²) < 4.78 is 0. The van der Waals surface area contributed by atoms with Crippen LogP contribution in [0.2, 0.25) is 0 Å². The van der Waals surface area contributed by atoms with Crippen LogP contribution >= 0.6 is 23.1 Å². The van der Waals surface area contributed by atoms with E-state index in [0.29, 0.717) is 18.0 Å². The summed E-state index contributed by atoms with van der Waals surface area (Å²) >= 11 is 2.94. The number of amides is 1. The van der Waals surface area contributed by atoms with Gasteiger partial charge in [-0.2, -0.15) is 0 Å². The van der Waals surface area contributed by atoms with Gasteiger partial charge in [0.05, 0.1) is 0 Å². The first-order valence-electron chi connectivity index (χ1n) is 6.17. The molecule has 0 aliphatic heterocycles. The molecule has 0 aliphatic rings. The molecule has 0 fully saturated rings. The fourth-order valence-electron chi connectivity index (χ4n) is 1.87. The molecular formula is C13H16N4OS2. The van der Waals surface area contributed by atoms with Gasteiger partial charge in [0, 0.05) is 29.4 Å². The zero-order valence-electron chi connectivity index (χ0n) is 11.6. The monoisotopic (exact) mass is 308 g/mol. The Balaban J connectivity index is 1.98. The van der Waals surface area contributed by atoms with E-state index in [-0.39, 0.29) is 5.91 Å². The van der Waals surface area contributed by atoms with Crippen molar-refractivity contribution in [2.75, 3.05) is 11.6 Å². The molecule has 1 amide bonds. The number of nitrogens with one attached hydrogen (secondary N) is 1. The van der Waals surface area contributed by atoms with Crippen LogP contribution < -0.4 is 5.32 Å². The summed E-state index contributed by atoms with van der Waals surface area (Å²) in [7, 11) is 0. The topological polar surface area (TPSA) is 67.8 Å². The molecule has 0 unspecified atom stereocenters. The normalized spacial score (nSPS) is 10.6. The fourth-order valence-corrected chi connectivity index (χ4v) is 2.87. The van der Waals surface area contributed by atoms with Gasteiger partial charge in [0.25, 0.3) is 0 Å². The third-order valence-electron chi connectivity index (χ3n) is 2.86. The minimum Gasteiger partial charge on any atom is -0.302 e. The Hall–Kier alpha value is -1.47. The highest BCUT2D eigenvalue weighted by molar-refractivity contribution is 7.98. The van der Waals surface area contributed by atoms with E-state index in [4.69, 9.17) is 0 Å². The Kier molecular flexibility index (Phi) is 5.08. The number of nitrogens with zero attached hydrogens (tertiary/aromatic N) is 3. The highest BCUT2D eigenvalue weighted by atomic mass is 32.2. The van der Waals surface area contributed by atoms with Crippen LogP contribution in [0, 0.1) is 13.8 Å². The third-order valence-corrected chi connectivity index (χ3v) is 4.10. The van der Waals surface area contributed by atoms with Gasteiger partial charge in [0.2, 0.25) is 5.91 Å².